The SMILES string of the molecule is CCCC/C=C/C(=C/SCC)C(CCC=O)(C(=O)OC)C(=O)OC. The second kappa shape index (κ2) is 12.8. The van der Waals surface area contributed by atoms with E-state index in [0.29, 0.717) is 11.9 Å². The van der Waals surface area contributed by atoms with Crippen molar-refractivity contribution in [3.05, 3.63) is 23.1 Å². The molecule has 0 fully saturated rings. The van der Waals surface area contributed by atoms with Gasteiger partial charge < -0.3 is 14.3 Å². The van der Waals surface area contributed by atoms with Crippen molar-refractivity contribution in [1.29, 1.82) is 0 Å². The highest BCUT2D eigenvalue weighted by molar-refractivity contribution is 8.02. The summed E-state index contributed by atoms with van der Waals surface area (Å²) in [5.41, 5.74) is -1.11. The standard InChI is InChI=1S/C18H28O5S/c1-5-7-8-9-11-15(14-24-6-2)18(12-10-13-19,16(20)22-3)17(21)23-4/h9,11,13-14H,5-8,10,12H2,1-4H3/b11-9+,15-14-. The summed E-state index contributed by atoms with van der Waals surface area (Å²) in [6, 6.07) is 0. The van der Waals surface area contributed by atoms with E-state index < -0.39 is 17.4 Å². The fourth-order valence-electron chi connectivity index (χ4n) is 2.28. The Hall–Kier alpha value is -1.56. The molecule has 0 bridgehead atoms. The lowest BCUT2D eigenvalue weighted by Gasteiger charge is -2.29. The van der Waals surface area contributed by atoms with E-state index in [1.165, 1.54) is 26.0 Å². The number of methoxy groups -OCH3 is 2. The lowest BCUT2D eigenvalue weighted by molar-refractivity contribution is -0.166. The van der Waals surface area contributed by atoms with Crippen LogP contribution in [0, 0.1) is 5.41 Å². The normalized spacial score (nSPS) is 12.2. The van der Waals surface area contributed by atoms with Gasteiger partial charge in [-0.2, -0.15) is 0 Å². The Labute approximate surface area is 148 Å². The molecule has 136 valence electrons. The summed E-state index contributed by atoms with van der Waals surface area (Å²) in [5, 5.41) is 1.78. The third-order valence-electron chi connectivity index (χ3n) is 3.60. The molecule has 24 heavy (non-hydrogen) atoms. The molecule has 0 saturated heterocycles. The maximum Gasteiger partial charge on any atom is 0.327 e. The van der Waals surface area contributed by atoms with Gasteiger partial charge in [-0.05, 0) is 29.6 Å². The minimum absolute atomic E-state index is 0.0179. The molecule has 5 nitrogen and oxygen atoms in total. The van der Waals surface area contributed by atoms with E-state index in [1.54, 1.807) is 11.5 Å². The van der Waals surface area contributed by atoms with Gasteiger partial charge in [-0.3, -0.25) is 9.59 Å². The Bertz CT molecular complexity index is 452. The molecule has 0 aromatic rings. The third-order valence-corrected chi connectivity index (χ3v) is 4.35. The van der Waals surface area contributed by atoms with Crippen LogP contribution in [0.25, 0.3) is 0 Å². The lowest BCUT2D eigenvalue weighted by Crippen LogP contribution is -2.42. The van der Waals surface area contributed by atoms with Crippen molar-refractivity contribution in [2.45, 2.75) is 46.0 Å². The Morgan fingerprint density at radius 1 is 1.08 bits per heavy atom. The molecule has 6 heteroatoms. The molecule has 0 aliphatic rings. The summed E-state index contributed by atoms with van der Waals surface area (Å²) in [4.78, 5) is 35.9. The zero-order chi connectivity index (χ0) is 18.4. The summed E-state index contributed by atoms with van der Waals surface area (Å²) in [6.07, 6.45) is 7.39. The molecule has 0 N–H and O–H groups in total. The predicted molar refractivity (Wildman–Crippen MR) is 96.6 cm³/mol. The molecule has 0 aromatic heterocycles. The van der Waals surface area contributed by atoms with E-state index in [1.807, 2.05) is 13.0 Å². The van der Waals surface area contributed by atoms with Gasteiger partial charge in [0, 0.05) is 6.42 Å². The van der Waals surface area contributed by atoms with Crippen LogP contribution in [0.3, 0.4) is 0 Å². The number of unbranched alkanes of at least 4 members (excludes halogenated alkanes) is 2. The first-order chi connectivity index (χ1) is 11.5. The van der Waals surface area contributed by atoms with Crippen LogP contribution < -0.4 is 0 Å². The first-order valence-electron chi connectivity index (χ1n) is 8.14. The van der Waals surface area contributed by atoms with Gasteiger partial charge in [0.1, 0.15) is 6.29 Å². The van der Waals surface area contributed by atoms with E-state index in [4.69, 9.17) is 9.47 Å². The zero-order valence-corrected chi connectivity index (χ0v) is 15.8. The van der Waals surface area contributed by atoms with E-state index in [-0.39, 0.29) is 12.8 Å². The van der Waals surface area contributed by atoms with Gasteiger partial charge in [-0.15, -0.1) is 11.8 Å². The van der Waals surface area contributed by atoms with Crippen LogP contribution in [-0.4, -0.2) is 38.2 Å². The summed E-state index contributed by atoms with van der Waals surface area (Å²) < 4.78 is 9.77. The third kappa shape index (κ3) is 6.15. The molecule has 0 saturated carbocycles. The lowest BCUT2D eigenvalue weighted by atomic mass is 9.76. The highest BCUT2D eigenvalue weighted by Gasteiger charge is 2.50. The number of aldehydes is 1. The first-order valence-corrected chi connectivity index (χ1v) is 9.19. The number of ether oxygens (including phenoxy) is 2. The van der Waals surface area contributed by atoms with Crippen molar-refractivity contribution in [2.24, 2.45) is 5.41 Å². The van der Waals surface area contributed by atoms with E-state index in [0.717, 1.165) is 25.0 Å². The maximum atomic E-state index is 12.5. The molecular weight excluding hydrogens is 328 g/mol. The highest BCUT2D eigenvalue weighted by Crippen LogP contribution is 2.38. The second-order valence-electron chi connectivity index (χ2n) is 5.17. The monoisotopic (exact) mass is 356 g/mol. The molecular formula is C18H28O5S. The molecule has 0 aromatic carbocycles. The van der Waals surface area contributed by atoms with Gasteiger partial charge in [-0.1, -0.05) is 38.8 Å². The van der Waals surface area contributed by atoms with Crippen molar-refractivity contribution in [1.82, 2.24) is 0 Å². The summed E-state index contributed by atoms with van der Waals surface area (Å²) in [7, 11) is 2.46. The number of hydrogen-bond donors (Lipinski definition) is 0. The van der Waals surface area contributed by atoms with E-state index in [9.17, 15) is 14.4 Å². The summed E-state index contributed by atoms with van der Waals surface area (Å²) in [5.74, 6) is -0.628. The number of carbonyl (C=O) groups excluding carboxylic acids is 3. The second-order valence-corrected chi connectivity index (χ2v) is 6.31. The predicted octanol–water partition coefficient (Wildman–Crippen LogP) is 3.68. The summed E-state index contributed by atoms with van der Waals surface area (Å²) in [6.45, 7) is 4.07. The average Bonchev–Trinajstić information content (AvgIpc) is 2.61. The van der Waals surface area contributed by atoms with Crippen molar-refractivity contribution in [3.8, 4) is 0 Å². The van der Waals surface area contributed by atoms with E-state index >= 15 is 0 Å². The zero-order valence-electron chi connectivity index (χ0n) is 15.0. The van der Waals surface area contributed by atoms with E-state index in [2.05, 4.69) is 6.92 Å². The van der Waals surface area contributed by atoms with Crippen LogP contribution in [0.5, 0.6) is 0 Å². The van der Waals surface area contributed by atoms with Gasteiger partial charge in [0.25, 0.3) is 0 Å². The number of thioether (sulfide) groups is 1. The minimum atomic E-state index is -1.62. The largest absolute Gasteiger partial charge is 0.468 e. The van der Waals surface area contributed by atoms with Gasteiger partial charge in [0.05, 0.1) is 14.2 Å². The van der Waals surface area contributed by atoms with Gasteiger partial charge in [0.2, 0.25) is 0 Å². The number of hydrogen-bond acceptors (Lipinski definition) is 6. The molecule has 0 amide bonds. The number of esters is 2. The number of rotatable bonds is 12. The molecule has 0 atom stereocenters. The fourth-order valence-corrected chi connectivity index (χ4v) is 2.90. The van der Waals surface area contributed by atoms with Crippen LogP contribution in [0.1, 0.15) is 46.0 Å². The van der Waals surface area contributed by atoms with Crippen LogP contribution in [0.2, 0.25) is 0 Å². The van der Waals surface area contributed by atoms with Crippen molar-refractivity contribution in [2.75, 3.05) is 20.0 Å². The quantitative estimate of drug-likeness (QED) is 0.175. The maximum absolute atomic E-state index is 12.5. The minimum Gasteiger partial charge on any atom is -0.468 e. The Morgan fingerprint density at radius 3 is 2.17 bits per heavy atom. The van der Waals surface area contributed by atoms with Crippen molar-refractivity contribution in [3.63, 3.8) is 0 Å². The van der Waals surface area contributed by atoms with Crippen LogP contribution in [0.4, 0.5) is 0 Å². The molecule has 0 spiro atoms. The first kappa shape index (κ1) is 22.4. The summed E-state index contributed by atoms with van der Waals surface area (Å²) >= 11 is 1.48. The van der Waals surface area contributed by atoms with Gasteiger partial charge in [-0.25, -0.2) is 0 Å². The van der Waals surface area contributed by atoms with Crippen molar-refractivity contribution >= 4 is 30.0 Å². The molecule has 0 radical (unpaired) electrons. The molecule has 0 rings (SSSR count). The molecule has 0 aliphatic carbocycles. The molecule has 0 heterocycles. The Balaban J connectivity index is 6.00. The molecule has 0 unspecified atom stereocenters. The van der Waals surface area contributed by atoms with Gasteiger partial charge in [0.15, 0.2) is 5.41 Å². The number of carbonyl (C=O) groups is 3. The van der Waals surface area contributed by atoms with Crippen LogP contribution in [0.15, 0.2) is 23.1 Å². The smallest absolute Gasteiger partial charge is 0.327 e. The average molecular weight is 356 g/mol. The fraction of sp³-hybridized carbons (Fsp3) is 0.611. The van der Waals surface area contributed by atoms with Crippen LogP contribution >= 0.6 is 11.8 Å². The highest BCUT2D eigenvalue weighted by atomic mass is 32.2. The number of allylic oxidation sites excluding steroid dienone is 2. The van der Waals surface area contributed by atoms with Crippen LogP contribution in [-0.2, 0) is 23.9 Å². The Kier molecular flexibility index (Phi) is 12.0. The topological polar surface area (TPSA) is 69.7 Å². The molecule has 0 aliphatic heterocycles. The Morgan fingerprint density at radius 2 is 1.71 bits per heavy atom. The van der Waals surface area contributed by atoms with Crippen molar-refractivity contribution < 1.29 is 23.9 Å². The van der Waals surface area contributed by atoms with Gasteiger partial charge >= 0.3 is 11.9 Å².